The first kappa shape index (κ1) is 8.12. The molecular weight excluding hydrogens is 166 g/mol. The molecule has 5 heteroatoms. The average Bonchev–Trinajstić information content (AvgIpc) is 2.60. The van der Waals surface area contributed by atoms with Crippen LogP contribution < -0.4 is 5.73 Å². The van der Waals surface area contributed by atoms with Crippen molar-refractivity contribution >= 4 is 5.65 Å². The first-order valence-electron chi connectivity index (χ1n) is 4.23. The maximum Gasteiger partial charge on any atom is 0.163 e. The van der Waals surface area contributed by atoms with E-state index in [0.29, 0.717) is 0 Å². The lowest BCUT2D eigenvalue weighted by Crippen LogP contribution is -2.12. The highest BCUT2D eigenvalue weighted by atomic mass is 15.3. The summed E-state index contributed by atoms with van der Waals surface area (Å²) in [4.78, 5) is 3.99. The minimum Gasteiger partial charge on any atom is -0.321 e. The Morgan fingerprint density at radius 1 is 1.54 bits per heavy atom. The summed E-state index contributed by atoms with van der Waals surface area (Å²) < 4.78 is 1.81. The van der Waals surface area contributed by atoms with Crippen LogP contribution in [0.3, 0.4) is 0 Å². The van der Waals surface area contributed by atoms with Crippen molar-refractivity contribution in [1.29, 1.82) is 0 Å². The normalized spacial score (nSPS) is 13.4. The zero-order chi connectivity index (χ0) is 9.26. The molecule has 2 rings (SSSR count). The number of hydrogen-bond donors (Lipinski definition) is 1. The zero-order valence-electron chi connectivity index (χ0n) is 7.38. The molecule has 2 aromatic rings. The van der Waals surface area contributed by atoms with E-state index < -0.39 is 0 Å². The molecule has 0 aliphatic carbocycles. The quantitative estimate of drug-likeness (QED) is 0.726. The third-order valence-corrected chi connectivity index (χ3v) is 2.01. The summed E-state index contributed by atoms with van der Waals surface area (Å²) in [5.74, 6) is 0.769. The molecule has 2 heterocycles. The number of rotatable bonds is 2. The van der Waals surface area contributed by atoms with Gasteiger partial charge in [-0.3, -0.25) is 4.40 Å². The van der Waals surface area contributed by atoms with Gasteiger partial charge in [0, 0.05) is 12.3 Å². The van der Waals surface area contributed by atoms with Crippen LogP contribution in [0.2, 0.25) is 0 Å². The van der Waals surface area contributed by atoms with E-state index in [9.17, 15) is 0 Å². The molecule has 0 spiro atoms. The Morgan fingerprint density at radius 3 is 3.15 bits per heavy atom. The number of hydrogen-bond acceptors (Lipinski definition) is 4. The molecule has 0 fully saturated rings. The summed E-state index contributed by atoms with van der Waals surface area (Å²) in [7, 11) is 0. The minimum absolute atomic E-state index is 0.0702. The van der Waals surface area contributed by atoms with Crippen LogP contribution in [0.25, 0.3) is 5.65 Å². The van der Waals surface area contributed by atoms with Crippen molar-refractivity contribution in [3.63, 3.8) is 0 Å². The second-order valence-corrected chi connectivity index (χ2v) is 2.88. The van der Waals surface area contributed by atoms with Crippen LogP contribution in [0, 0.1) is 0 Å². The van der Waals surface area contributed by atoms with Crippen LogP contribution in [0.4, 0.5) is 0 Å². The fourth-order valence-electron chi connectivity index (χ4n) is 1.20. The van der Waals surface area contributed by atoms with Crippen molar-refractivity contribution in [2.24, 2.45) is 5.73 Å². The maximum absolute atomic E-state index is 5.85. The molecule has 0 bridgehead atoms. The van der Waals surface area contributed by atoms with Crippen LogP contribution in [0.5, 0.6) is 0 Å². The highest BCUT2D eigenvalue weighted by molar-refractivity contribution is 5.35. The van der Waals surface area contributed by atoms with Gasteiger partial charge in [0.1, 0.15) is 6.33 Å². The van der Waals surface area contributed by atoms with Gasteiger partial charge in [-0.05, 0) is 6.42 Å². The number of nitrogens with two attached hydrogens (primary N) is 1. The molecule has 0 saturated carbocycles. The van der Waals surface area contributed by atoms with Crippen molar-refractivity contribution < 1.29 is 0 Å². The van der Waals surface area contributed by atoms with Crippen LogP contribution in [-0.4, -0.2) is 19.6 Å². The summed E-state index contributed by atoms with van der Waals surface area (Å²) in [6.45, 7) is 2.02. The van der Waals surface area contributed by atoms with Crippen LogP contribution in [0.15, 0.2) is 18.6 Å². The first-order valence-corrected chi connectivity index (χ1v) is 4.23. The largest absolute Gasteiger partial charge is 0.321 e. The summed E-state index contributed by atoms with van der Waals surface area (Å²) in [6, 6.07) is 1.73. The van der Waals surface area contributed by atoms with Crippen molar-refractivity contribution in [2.75, 3.05) is 0 Å². The predicted octanol–water partition coefficient (Wildman–Crippen LogP) is 0.534. The van der Waals surface area contributed by atoms with E-state index in [1.165, 1.54) is 0 Å². The Labute approximate surface area is 75.6 Å². The van der Waals surface area contributed by atoms with Gasteiger partial charge < -0.3 is 5.73 Å². The van der Waals surface area contributed by atoms with E-state index in [2.05, 4.69) is 15.2 Å². The van der Waals surface area contributed by atoms with E-state index >= 15 is 0 Å². The Hall–Kier alpha value is -1.49. The zero-order valence-corrected chi connectivity index (χ0v) is 7.38. The molecule has 0 saturated heterocycles. The van der Waals surface area contributed by atoms with Gasteiger partial charge in [-0.15, -0.1) is 10.2 Å². The van der Waals surface area contributed by atoms with E-state index in [4.69, 9.17) is 5.73 Å². The Morgan fingerprint density at radius 2 is 2.38 bits per heavy atom. The number of nitrogens with zero attached hydrogens (tertiary/aromatic N) is 4. The molecular formula is C8H11N5. The molecule has 1 atom stereocenters. The van der Waals surface area contributed by atoms with Crippen LogP contribution >= 0.6 is 0 Å². The fraction of sp³-hybridized carbons (Fsp3) is 0.375. The van der Waals surface area contributed by atoms with Gasteiger partial charge in [-0.1, -0.05) is 6.92 Å². The molecule has 2 aromatic heterocycles. The number of aromatic nitrogens is 4. The smallest absolute Gasteiger partial charge is 0.163 e. The lowest BCUT2D eigenvalue weighted by atomic mass is 10.2. The molecule has 0 aliphatic heterocycles. The summed E-state index contributed by atoms with van der Waals surface area (Å²) >= 11 is 0. The molecule has 2 N–H and O–H groups in total. The van der Waals surface area contributed by atoms with Crippen LogP contribution in [0.1, 0.15) is 25.2 Å². The Balaban J connectivity index is 2.57. The standard InChI is InChI=1S/C8H11N5/c1-2-6(9)8-12-11-7-3-4-10-5-13(7)8/h3-6H,2,9H2,1H3. The molecule has 68 valence electrons. The monoisotopic (exact) mass is 177 g/mol. The Kier molecular flexibility index (Phi) is 1.94. The van der Waals surface area contributed by atoms with Gasteiger partial charge in [0.25, 0.3) is 0 Å². The van der Waals surface area contributed by atoms with Gasteiger partial charge in [0.2, 0.25) is 0 Å². The van der Waals surface area contributed by atoms with E-state index in [1.54, 1.807) is 18.6 Å². The Bertz CT molecular complexity index is 408. The van der Waals surface area contributed by atoms with Gasteiger partial charge >= 0.3 is 0 Å². The van der Waals surface area contributed by atoms with Gasteiger partial charge in [-0.25, -0.2) is 4.98 Å². The molecule has 13 heavy (non-hydrogen) atoms. The second-order valence-electron chi connectivity index (χ2n) is 2.88. The van der Waals surface area contributed by atoms with Crippen LogP contribution in [-0.2, 0) is 0 Å². The van der Waals surface area contributed by atoms with Crippen molar-refractivity contribution in [3.8, 4) is 0 Å². The lowest BCUT2D eigenvalue weighted by Gasteiger charge is -2.04. The molecule has 0 aliphatic rings. The molecule has 0 amide bonds. The van der Waals surface area contributed by atoms with Crippen molar-refractivity contribution in [3.05, 3.63) is 24.4 Å². The molecule has 0 aromatic carbocycles. The van der Waals surface area contributed by atoms with Crippen molar-refractivity contribution in [1.82, 2.24) is 19.6 Å². The van der Waals surface area contributed by atoms with E-state index in [-0.39, 0.29) is 6.04 Å². The molecule has 0 radical (unpaired) electrons. The summed E-state index contributed by atoms with van der Waals surface area (Å²) in [5.41, 5.74) is 6.64. The lowest BCUT2D eigenvalue weighted by molar-refractivity contribution is 0.638. The van der Waals surface area contributed by atoms with Gasteiger partial charge in [0.15, 0.2) is 11.5 Å². The third kappa shape index (κ3) is 1.27. The third-order valence-electron chi connectivity index (χ3n) is 2.01. The van der Waals surface area contributed by atoms with Gasteiger partial charge in [-0.2, -0.15) is 0 Å². The van der Waals surface area contributed by atoms with E-state index in [1.807, 2.05) is 11.3 Å². The van der Waals surface area contributed by atoms with E-state index in [0.717, 1.165) is 17.9 Å². The summed E-state index contributed by atoms with van der Waals surface area (Å²) in [5, 5.41) is 7.99. The van der Waals surface area contributed by atoms with Gasteiger partial charge in [0.05, 0.1) is 6.04 Å². The second kappa shape index (κ2) is 3.10. The predicted molar refractivity (Wildman–Crippen MR) is 48.0 cm³/mol. The average molecular weight is 177 g/mol. The molecule has 5 nitrogen and oxygen atoms in total. The highest BCUT2D eigenvalue weighted by Gasteiger charge is 2.10. The molecule has 1 unspecified atom stereocenters. The maximum atomic E-state index is 5.85. The number of fused-ring (bicyclic) bond motifs is 1. The first-order chi connectivity index (χ1) is 6.33. The summed E-state index contributed by atoms with van der Waals surface area (Å²) in [6.07, 6.45) is 4.21. The van der Waals surface area contributed by atoms with Crippen molar-refractivity contribution in [2.45, 2.75) is 19.4 Å². The topological polar surface area (TPSA) is 69.1 Å². The highest BCUT2D eigenvalue weighted by Crippen LogP contribution is 2.11. The SMILES string of the molecule is CCC(N)c1nnc2ccncn12. The minimum atomic E-state index is -0.0702. The fourth-order valence-corrected chi connectivity index (χ4v) is 1.20.